The van der Waals surface area contributed by atoms with E-state index < -0.39 is 71.6 Å². The molecule has 1 N–H and O–H groups in total. The van der Waals surface area contributed by atoms with Crippen LogP contribution in [-0.4, -0.2) is 81.5 Å². The maximum atomic E-state index is 15.6. The fourth-order valence-corrected chi connectivity index (χ4v) is 15.8. The predicted molar refractivity (Wildman–Crippen MR) is 251 cm³/mol. The summed E-state index contributed by atoms with van der Waals surface area (Å²) in [5.41, 5.74) is 4.83. The second-order valence-electron chi connectivity index (χ2n) is 16.7. The number of anilines is 1. The third kappa shape index (κ3) is 9.43. The maximum Gasteiger partial charge on any atom is 0.125 e. The molecule has 0 amide bonds. The van der Waals surface area contributed by atoms with Gasteiger partial charge in [-0.2, -0.15) is 0 Å². The third-order valence-electron chi connectivity index (χ3n) is 12.3. The van der Waals surface area contributed by atoms with E-state index in [2.05, 4.69) is 55.6 Å². The number of likely N-dealkylation sites (N-methyl/N-ethyl adjacent to an activating group) is 2. The van der Waals surface area contributed by atoms with Crippen molar-refractivity contribution in [1.82, 2.24) is 4.31 Å². The summed E-state index contributed by atoms with van der Waals surface area (Å²) in [7, 11) is -8.34. The van der Waals surface area contributed by atoms with Gasteiger partial charge in [-0.1, -0.05) is 18.2 Å². The van der Waals surface area contributed by atoms with E-state index in [9.17, 15) is 21.4 Å². The first-order chi connectivity index (χ1) is 30.6. The molecular formula is C48H54F4IN3O7S2. The molecule has 0 radical (unpaired) electrons. The van der Waals surface area contributed by atoms with E-state index in [-0.39, 0.29) is 28.1 Å². The van der Waals surface area contributed by atoms with Gasteiger partial charge in [-0.05, 0) is 98.4 Å². The summed E-state index contributed by atoms with van der Waals surface area (Å²) in [6.45, 7) is 14.7. The van der Waals surface area contributed by atoms with Gasteiger partial charge < -0.3 is 14.4 Å². The van der Waals surface area contributed by atoms with Crippen LogP contribution in [0.15, 0.2) is 124 Å². The van der Waals surface area contributed by atoms with Crippen LogP contribution in [0.2, 0.25) is 0 Å². The molecule has 1 atom stereocenters. The van der Waals surface area contributed by atoms with Crippen molar-refractivity contribution in [3.63, 3.8) is 0 Å². The first-order valence-electron chi connectivity index (χ1n) is 21.5. The van der Waals surface area contributed by atoms with Crippen LogP contribution in [0.1, 0.15) is 69.4 Å². The van der Waals surface area contributed by atoms with Gasteiger partial charge in [-0.25, -0.2) is 8.42 Å². The first-order valence-corrected chi connectivity index (χ1v) is 27.4. The van der Waals surface area contributed by atoms with Crippen molar-refractivity contribution >= 4 is 51.6 Å². The number of sulfonamides is 1. The molecular weight excluding hydrogens is 998 g/mol. The number of nitrogens with zero attached hydrogens (tertiary/aromatic N) is 2. The van der Waals surface area contributed by atoms with Gasteiger partial charge in [-0.15, -0.1) is 0 Å². The molecule has 1 unspecified atom stereocenters. The molecule has 4 aromatic rings. The van der Waals surface area contributed by atoms with Gasteiger partial charge in [0.25, 0.3) is 0 Å². The minimum absolute atomic E-state index is 0.0586. The number of allylic oxidation sites excluding steroid dienone is 3. The van der Waals surface area contributed by atoms with E-state index in [4.69, 9.17) is 3.07 Å². The number of benzene rings is 4. The Labute approximate surface area is 387 Å². The molecule has 0 saturated carbocycles. The van der Waals surface area contributed by atoms with Crippen molar-refractivity contribution in [3.8, 4) is 5.75 Å². The van der Waals surface area contributed by atoms with Gasteiger partial charge in [0.15, 0.2) is 0 Å². The number of halogens is 5. The van der Waals surface area contributed by atoms with E-state index in [0.29, 0.717) is 23.1 Å². The van der Waals surface area contributed by atoms with Crippen LogP contribution in [0.5, 0.6) is 5.75 Å². The summed E-state index contributed by atoms with van der Waals surface area (Å²) in [6.07, 6.45) is 2.01. The maximum absolute atomic E-state index is 15.6. The SMILES string of the molecule is CCN(CC)c1ccc2c(c1)CC1=CC([NH+](CC)CC)C=CC1=C2c1ccc(S(=O)(=O)N(C)CCc2ccc(OC(F)(F)C(F)(F)I3OC(C)(C)c4ccccc43)cc2)cc1S(=O)(=O)[O-]. The number of ether oxygens (including phenoxy) is 1. The van der Waals surface area contributed by atoms with E-state index in [1.165, 1.54) is 48.3 Å². The molecule has 10 nitrogen and oxygen atoms in total. The van der Waals surface area contributed by atoms with E-state index in [0.717, 1.165) is 76.6 Å². The minimum Gasteiger partial charge on any atom is -0.744 e. The summed E-state index contributed by atoms with van der Waals surface area (Å²) in [5, 5.41) is 0. The number of hydrogen-bond acceptors (Lipinski definition) is 8. The first kappa shape index (κ1) is 48.8. The van der Waals surface area contributed by atoms with Crippen molar-refractivity contribution in [3.05, 3.63) is 146 Å². The van der Waals surface area contributed by atoms with Crippen LogP contribution in [0.25, 0.3) is 5.57 Å². The third-order valence-corrected chi connectivity index (χ3v) is 20.4. The summed E-state index contributed by atoms with van der Waals surface area (Å²) in [4.78, 5) is 2.48. The Bertz CT molecular complexity index is 2770. The van der Waals surface area contributed by atoms with Crippen molar-refractivity contribution in [2.75, 3.05) is 44.7 Å². The Morgan fingerprint density at radius 1 is 0.892 bits per heavy atom. The Morgan fingerprint density at radius 2 is 1.55 bits per heavy atom. The minimum atomic E-state index is -5.24. The standard InChI is InChI=1S/C48H54F4IN3O7S2/c1-8-55(9-2)35-18-23-39-33(29-35)28-34-30-36(56(10-3)11-4)19-24-40(34)45(39)41-25-22-38(31-44(41)65(59,60)61)64(57,58)54(7)27-26-32-16-20-37(21-17-32)62-48(51,52)47(49,50)53-43-15-13-12-14-42(43)46(5,6)63-53/h12-25,29-31,35H,8-11,26-28H2,1-7H3,(H,59,60,61). The molecule has 0 fully saturated rings. The second-order valence-corrected chi connectivity index (χ2v) is 24.5. The quantitative estimate of drug-likeness (QED) is 0.0484. The van der Waals surface area contributed by atoms with Crippen LogP contribution in [-0.2, 0) is 41.7 Å². The van der Waals surface area contributed by atoms with Gasteiger partial charge in [0.2, 0.25) is 0 Å². The molecule has 17 heteroatoms. The molecule has 350 valence electrons. The van der Waals surface area contributed by atoms with Crippen LogP contribution >= 0.6 is 20.2 Å². The molecule has 0 spiro atoms. The number of alkyl halides is 5. The van der Waals surface area contributed by atoms with Crippen LogP contribution in [0.3, 0.4) is 0 Å². The van der Waals surface area contributed by atoms with Crippen molar-refractivity contribution in [1.29, 1.82) is 0 Å². The number of hydrogen-bond donors (Lipinski definition) is 1. The van der Waals surface area contributed by atoms with Gasteiger partial charge in [-0.3, -0.25) is 0 Å². The molecule has 0 bridgehead atoms. The number of fused-ring (bicyclic) bond motifs is 3. The topological polar surface area (TPSA) is 121 Å². The van der Waals surface area contributed by atoms with Crippen LogP contribution in [0, 0.1) is 3.57 Å². The molecule has 1 heterocycles. The fourth-order valence-electron chi connectivity index (χ4n) is 8.68. The Hall–Kier alpha value is -4.11. The molecule has 3 aliphatic rings. The Morgan fingerprint density at radius 3 is 2.20 bits per heavy atom. The van der Waals surface area contributed by atoms with Crippen LogP contribution < -0.4 is 14.5 Å². The normalized spacial score (nSPS) is 17.8. The number of quaternary nitrogens is 1. The number of nitrogens with one attached hydrogen (secondary N) is 1. The molecule has 65 heavy (non-hydrogen) atoms. The molecule has 0 saturated heterocycles. The average molecular weight is 1050 g/mol. The summed E-state index contributed by atoms with van der Waals surface area (Å²) in [6, 6.07) is 20.7. The number of rotatable bonds is 17. The zero-order valence-corrected chi connectivity index (χ0v) is 41.1. The van der Waals surface area contributed by atoms with E-state index in [1.54, 1.807) is 26.0 Å². The van der Waals surface area contributed by atoms with Crippen molar-refractivity contribution in [2.45, 2.75) is 85.9 Å². The second kappa shape index (κ2) is 18.5. The Kier molecular flexibility index (Phi) is 13.9. The zero-order valence-electron chi connectivity index (χ0n) is 37.3. The average Bonchev–Trinajstić information content (AvgIpc) is 3.55. The predicted octanol–water partition coefficient (Wildman–Crippen LogP) is 8.57. The zero-order chi connectivity index (χ0) is 47.3. The fraction of sp³-hybridized carbons (Fsp3) is 0.375. The molecule has 4 aromatic carbocycles. The molecule has 2 aliphatic carbocycles. The monoisotopic (exact) mass is 1050 g/mol. The smallest absolute Gasteiger partial charge is 0.125 e. The van der Waals surface area contributed by atoms with Gasteiger partial charge in [0, 0.05) is 24.3 Å². The largest absolute Gasteiger partial charge is 0.744 e. The van der Waals surface area contributed by atoms with Gasteiger partial charge in [0.05, 0.1) is 18.0 Å². The Balaban J connectivity index is 1.13. The molecule has 7 rings (SSSR count). The van der Waals surface area contributed by atoms with Crippen molar-refractivity contribution in [2.24, 2.45) is 0 Å². The molecule has 0 aromatic heterocycles. The van der Waals surface area contributed by atoms with Gasteiger partial charge in [0.1, 0.15) is 16.2 Å². The van der Waals surface area contributed by atoms with E-state index >= 15 is 17.6 Å². The molecule has 1 aliphatic heterocycles. The van der Waals surface area contributed by atoms with Crippen molar-refractivity contribution < 1.29 is 51.7 Å². The summed E-state index contributed by atoms with van der Waals surface area (Å²) < 4.78 is 136. The van der Waals surface area contributed by atoms with Crippen LogP contribution in [0.4, 0.5) is 23.2 Å². The van der Waals surface area contributed by atoms with Gasteiger partial charge >= 0.3 is 192 Å². The summed E-state index contributed by atoms with van der Waals surface area (Å²) in [5.74, 6) is -0.523. The summed E-state index contributed by atoms with van der Waals surface area (Å²) >= 11 is -4.27. The van der Waals surface area contributed by atoms with E-state index in [1.807, 2.05) is 18.2 Å².